The molecule has 2 aromatic heterocycles. The van der Waals surface area contributed by atoms with Crippen molar-refractivity contribution in [2.75, 3.05) is 37.8 Å². The number of thioether (sulfide) groups is 1. The fourth-order valence-corrected chi connectivity index (χ4v) is 11.1. The van der Waals surface area contributed by atoms with Crippen LogP contribution in [0.1, 0.15) is 50.5 Å². The highest BCUT2D eigenvalue weighted by atomic mass is 32.2. The molecule has 0 spiro atoms. The van der Waals surface area contributed by atoms with E-state index in [-0.39, 0.29) is 55.1 Å². The number of primary amides is 1. The molecule has 0 aliphatic carbocycles. The van der Waals surface area contributed by atoms with Crippen molar-refractivity contribution in [3.63, 3.8) is 0 Å². The number of nitrogen functional groups attached to an aromatic ring is 1. The lowest BCUT2D eigenvalue weighted by atomic mass is 9.87. The molecule has 1 aliphatic heterocycles. The van der Waals surface area contributed by atoms with Gasteiger partial charge in [0, 0.05) is 37.1 Å². The number of ether oxygens (including phenoxy) is 1. The number of hydrogen-bond acceptors (Lipinski definition) is 22. The molecular formula is C44H61N10O21P3S. The average molecular weight is 1190 g/mol. The average Bonchev–Trinajstić information content (AvgIpc) is 4.02. The number of phosphoric acid groups is 3. The Labute approximate surface area is 454 Å². The first kappa shape index (κ1) is 64.2. The van der Waals surface area contributed by atoms with E-state index < -0.39 is 132 Å². The molecule has 10 unspecified atom stereocenters. The van der Waals surface area contributed by atoms with Gasteiger partial charge in [-0.2, -0.15) is 4.31 Å². The van der Waals surface area contributed by atoms with E-state index in [9.17, 15) is 77.4 Å². The number of fused-ring (bicyclic) bond motifs is 1. The first-order chi connectivity index (χ1) is 37.0. The Morgan fingerprint density at radius 3 is 2.14 bits per heavy atom. The number of aliphatic carboxylic acids is 1. The van der Waals surface area contributed by atoms with Crippen LogP contribution in [-0.4, -0.2) is 164 Å². The van der Waals surface area contributed by atoms with Crippen LogP contribution < -0.4 is 32.7 Å². The second-order valence-corrected chi connectivity index (χ2v) is 23.7. The van der Waals surface area contributed by atoms with Crippen LogP contribution in [0.4, 0.5) is 5.82 Å². The zero-order chi connectivity index (χ0) is 58.3. The van der Waals surface area contributed by atoms with Gasteiger partial charge in [0.15, 0.2) is 22.8 Å². The van der Waals surface area contributed by atoms with Crippen LogP contribution in [0.25, 0.3) is 11.2 Å². The van der Waals surface area contributed by atoms with Gasteiger partial charge in [0.05, 0.1) is 25.6 Å². The van der Waals surface area contributed by atoms with Crippen LogP contribution in [0, 0.1) is 5.41 Å². The Bertz CT molecular complexity index is 2910. The van der Waals surface area contributed by atoms with Gasteiger partial charge in [0.25, 0.3) is 0 Å². The van der Waals surface area contributed by atoms with E-state index in [1.54, 1.807) is 30.3 Å². The number of nitrogens with zero attached hydrogens (tertiary/aromatic N) is 4. The minimum absolute atomic E-state index is 0.00360. The number of phosphoric ester groups is 3. The topological polar surface area (TPSA) is 485 Å². The molecule has 35 heteroatoms. The molecule has 1 fully saturated rings. The summed E-state index contributed by atoms with van der Waals surface area (Å²) in [5, 5.41) is 41.3. The number of nitrogens with one attached hydrogen (secondary N) is 4. The number of amides is 4. The summed E-state index contributed by atoms with van der Waals surface area (Å²) in [4.78, 5) is 128. The van der Waals surface area contributed by atoms with Crippen molar-refractivity contribution in [2.45, 2.75) is 94.7 Å². The minimum Gasteiger partial charge on any atom is -0.480 e. The van der Waals surface area contributed by atoms with E-state index in [1.807, 2.05) is 30.3 Å². The predicted octanol–water partition coefficient (Wildman–Crippen LogP) is -0.688. The van der Waals surface area contributed by atoms with Crippen molar-refractivity contribution in [3.05, 3.63) is 84.4 Å². The highest BCUT2D eigenvalue weighted by Crippen LogP contribution is 2.61. The van der Waals surface area contributed by atoms with E-state index in [2.05, 4.69) is 45.1 Å². The molecule has 1 saturated heterocycles. The summed E-state index contributed by atoms with van der Waals surface area (Å²) in [6.45, 7) is -0.131. The molecule has 2 aromatic carbocycles. The molecule has 0 saturated carbocycles. The number of rotatable bonds is 32. The fraction of sp³-hybridized carbons (Fsp3) is 0.477. The van der Waals surface area contributed by atoms with Gasteiger partial charge in [-0.05, 0) is 30.4 Å². The summed E-state index contributed by atoms with van der Waals surface area (Å²) in [6.07, 6.45) is -7.34. The van der Waals surface area contributed by atoms with Gasteiger partial charge < -0.3 is 67.0 Å². The van der Waals surface area contributed by atoms with Gasteiger partial charge in [0.1, 0.15) is 48.3 Å². The predicted molar refractivity (Wildman–Crippen MR) is 276 cm³/mol. The number of carboxylic acids is 1. The summed E-state index contributed by atoms with van der Waals surface area (Å²) < 4.78 is 62.6. The number of aliphatic hydroxyl groups is 2. The molecular weight excluding hydrogens is 1130 g/mol. The maximum atomic E-state index is 13.6. The quantitative estimate of drug-likeness (QED) is 0.0213. The number of imidazole rings is 1. The lowest BCUT2D eigenvalue weighted by molar-refractivity contribution is -0.140. The number of aromatic nitrogens is 4. The Balaban J connectivity index is 1.02. The third-order valence-corrected chi connectivity index (χ3v) is 15.7. The number of carbonyl (C=O) groups excluding carboxylic acids is 5. The monoisotopic (exact) mass is 1190 g/mol. The molecule has 434 valence electrons. The van der Waals surface area contributed by atoms with Crippen molar-refractivity contribution < 1.29 is 100.0 Å². The summed E-state index contributed by atoms with van der Waals surface area (Å²) >= 11 is 0.721. The summed E-state index contributed by atoms with van der Waals surface area (Å²) in [5.74, 6) is -4.72. The zero-order valence-electron chi connectivity index (χ0n) is 42.2. The van der Waals surface area contributed by atoms with Crippen LogP contribution in [0.15, 0.2) is 73.3 Å². The maximum Gasteiger partial charge on any atom is 0.481 e. The standard InChI is InChI=1S/C44H61N10O21P3S/c1-44(2,22-72-78(69,70)75-77(67,68)71-21-30-35(74-76(64,65)66)34(57)42(73-30)54-24-51-33-37(45)49-23-50-39(33)54)36(58)41(61)48-16-15-31(55)47-17-18-79-32(56)20-28(38(46)59)53-40(60)29(19-26-11-7-4-8-12-26)52-27(43(62)63)14-13-25-9-5-3-6-10-25/h3-12,23-24,27-30,34-36,42,52,57-58H,13-22H2,1-2H3,(H2,46,59)(H,47,55)(H,48,61)(H,53,60)(H,62,63)(H,67,68)(H,69,70)(H2,45,49,50)(H2,64,65,66). The molecule has 31 nitrogen and oxygen atoms in total. The molecule has 15 N–H and O–H groups in total. The highest BCUT2D eigenvalue weighted by molar-refractivity contribution is 8.13. The second-order valence-electron chi connectivity index (χ2n) is 18.3. The van der Waals surface area contributed by atoms with E-state index in [1.165, 1.54) is 13.8 Å². The van der Waals surface area contributed by atoms with Crippen molar-refractivity contribution in [1.29, 1.82) is 0 Å². The molecule has 10 atom stereocenters. The molecule has 0 radical (unpaired) electrons. The molecule has 4 aromatic rings. The van der Waals surface area contributed by atoms with Crippen molar-refractivity contribution in [2.24, 2.45) is 11.1 Å². The van der Waals surface area contributed by atoms with Crippen LogP contribution in [-0.2, 0) is 77.9 Å². The van der Waals surface area contributed by atoms with Gasteiger partial charge in [-0.15, -0.1) is 0 Å². The Kier molecular flexibility index (Phi) is 23.3. The second kappa shape index (κ2) is 28.7. The molecule has 5 rings (SSSR count). The van der Waals surface area contributed by atoms with Crippen LogP contribution in [0.3, 0.4) is 0 Å². The van der Waals surface area contributed by atoms with Crippen LogP contribution in [0.2, 0.25) is 0 Å². The number of hydrogen-bond donors (Lipinski definition) is 13. The molecule has 1 aliphatic rings. The zero-order valence-corrected chi connectivity index (χ0v) is 45.7. The number of nitrogens with two attached hydrogens (primary N) is 2. The number of carbonyl (C=O) groups is 6. The summed E-state index contributed by atoms with van der Waals surface area (Å²) in [7, 11) is -16.6. The Morgan fingerprint density at radius 2 is 1.51 bits per heavy atom. The number of aliphatic hydroxyl groups excluding tert-OH is 2. The van der Waals surface area contributed by atoms with E-state index in [0.717, 1.165) is 34.5 Å². The lowest BCUT2D eigenvalue weighted by Crippen LogP contribution is -2.56. The van der Waals surface area contributed by atoms with Crippen molar-refractivity contribution in [1.82, 2.24) is 40.8 Å². The van der Waals surface area contributed by atoms with Gasteiger partial charge in [-0.25, -0.2) is 28.6 Å². The number of anilines is 1. The van der Waals surface area contributed by atoms with Crippen molar-refractivity contribution in [3.8, 4) is 0 Å². The Morgan fingerprint density at radius 1 is 0.861 bits per heavy atom. The van der Waals surface area contributed by atoms with E-state index in [4.69, 9.17) is 25.3 Å². The normalized spacial score (nSPS) is 19.7. The first-order valence-electron chi connectivity index (χ1n) is 23.8. The third-order valence-electron chi connectivity index (χ3n) is 11.7. The smallest absolute Gasteiger partial charge is 0.480 e. The van der Waals surface area contributed by atoms with Crippen molar-refractivity contribution >= 4 is 86.9 Å². The molecule has 4 amide bonds. The number of benzene rings is 2. The highest BCUT2D eigenvalue weighted by Gasteiger charge is 2.50. The first-order valence-corrected chi connectivity index (χ1v) is 29.3. The van der Waals surface area contributed by atoms with Gasteiger partial charge >= 0.3 is 29.4 Å². The van der Waals surface area contributed by atoms with Gasteiger partial charge in [-0.3, -0.25) is 52.2 Å². The van der Waals surface area contributed by atoms with Crippen LogP contribution >= 0.6 is 35.2 Å². The van der Waals surface area contributed by atoms with Crippen LogP contribution in [0.5, 0.6) is 0 Å². The molecule has 79 heavy (non-hydrogen) atoms. The van der Waals surface area contributed by atoms with Gasteiger partial charge in [-0.1, -0.05) is 86.3 Å². The minimum atomic E-state index is -5.65. The molecule has 0 bridgehead atoms. The SMILES string of the molecule is CC(C)(COP(=O)(O)OP(=O)(O)OCC1OC(n2cnc3c(N)ncnc32)C(O)C1OP(=O)(O)O)C(O)C(=O)NCCC(=O)NCCSC(=O)CC(NC(=O)C(Cc1ccccc1)NC(CCc1ccccc1)C(=O)O)C(N)=O. The van der Waals surface area contributed by atoms with E-state index in [0.29, 0.717) is 12.0 Å². The van der Waals surface area contributed by atoms with E-state index >= 15 is 0 Å². The number of carboxylic acid groups (broad SMARTS) is 1. The molecule has 3 heterocycles. The lowest BCUT2D eigenvalue weighted by Gasteiger charge is -2.30. The summed E-state index contributed by atoms with van der Waals surface area (Å²) in [6, 6.07) is 14.1. The maximum absolute atomic E-state index is 13.6. The third kappa shape index (κ3) is 20.1. The number of aryl methyl sites for hydroxylation is 1. The largest absolute Gasteiger partial charge is 0.481 e. The van der Waals surface area contributed by atoms with Gasteiger partial charge in [0.2, 0.25) is 23.6 Å². The Hall–Kier alpha value is -5.63. The fourth-order valence-electron chi connectivity index (χ4n) is 7.57. The summed E-state index contributed by atoms with van der Waals surface area (Å²) in [5.41, 5.74) is 11.3.